The van der Waals surface area contributed by atoms with Gasteiger partial charge in [0.05, 0.1) is 26.4 Å². The van der Waals surface area contributed by atoms with E-state index in [1.807, 2.05) is 0 Å². The number of hydrogen-bond acceptors (Lipinski definition) is 14. The average molecular weight is 1590 g/mol. The Hall–Kier alpha value is -5.09. The van der Waals surface area contributed by atoms with E-state index in [0.29, 0.717) is 19.3 Å². The molecule has 634 valence electrons. The second-order valence-corrected chi connectivity index (χ2v) is 31.5. The van der Waals surface area contributed by atoms with Gasteiger partial charge in [-0.3, -0.25) is 32.5 Å². The van der Waals surface area contributed by atoms with E-state index in [0.717, 1.165) is 161 Å². The Morgan fingerprint density at radius 1 is 0.261 bits per heavy atom. The molecule has 0 aliphatic heterocycles. The van der Waals surface area contributed by atoms with Gasteiger partial charge in [-0.05, 0) is 154 Å². The summed E-state index contributed by atoms with van der Waals surface area (Å²) in [5.74, 6) is -1.62. The van der Waals surface area contributed by atoms with E-state index in [1.165, 1.54) is 122 Å². The van der Waals surface area contributed by atoms with E-state index in [1.54, 1.807) is 0 Å². The number of esters is 3. The molecule has 0 saturated carbocycles. The van der Waals surface area contributed by atoms with E-state index >= 15 is 0 Å². The normalized spacial score (nSPS) is 14.7. The van der Waals surface area contributed by atoms with Crippen LogP contribution in [0.1, 0.15) is 342 Å². The fourth-order valence-electron chi connectivity index (χ4n) is 11.4. The van der Waals surface area contributed by atoms with Gasteiger partial charge in [-0.25, -0.2) is 9.13 Å². The molecular formula is C93H156O16P2. The minimum Gasteiger partial charge on any atom is -0.463 e. The van der Waals surface area contributed by atoms with Gasteiger partial charge in [-0.1, -0.05) is 339 Å². The molecule has 4 N–H and O–H groups in total. The molecule has 0 aromatic rings. The largest absolute Gasteiger partial charge is 0.472 e. The van der Waals surface area contributed by atoms with Crippen molar-refractivity contribution in [3.8, 4) is 0 Å². The van der Waals surface area contributed by atoms with Crippen LogP contribution in [0.5, 0.6) is 0 Å². The van der Waals surface area contributed by atoms with Crippen molar-refractivity contribution in [3.05, 3.63) is 170 Å². The topological polar surface area (TPSA) is 231 Å². The highest BCUT2D eigenvalue weighted by molar-refractivity contribution is 7.47. The molecule has 0 saturated heterocycles. The monoisotopic (exact) mass is 1590 g/mol. The second-order valence-electron chi connectivity index (χ2n) is 28.6. The molecule has 0 aliphatic carbocycles. The standard InChI is InChI=1S/C93H156O16P2/c1-4-7-10-13-16-19-22-25-28-31-34-36-38-40-42-43-45-47-48-50-53-55-58-61-64-67-70-73-76-79-91(96)103-82-88(94)83-105-110(99,100)106-84-89(95)85-107-111(101,102)108-87-90(109-93(98)81-78-75-72-69-66-63-60-57-52-33-30-27-24-21-18-15-12-9-6-3)86-104-92(97)80-77-74-71-68-65-62-59-56-54-51-49-46-44-41-39-37-35-32-29-26-23-20-17-14-11-8-5-2/h7,9-10,12,16-21,25-30,34-37,40-42,44,52,57,63,66,88-90,94-95H,4-6,8,11,13-15,22-24,31-33,38-39,43,45-51,53-56,58-62,64-65,67-87H2,1-3H3,(H,99,100)(H,101,102)/b10-7-,12-9-,19-16-,20-17-,21-18-,28-25-,29-26-,30-27-,36-34-,37-35-,42-40-,44-41-,57-52-,66-63-. The van der Waals surface area contributed by atoms with Crippen LogP contribution in [0.2, 0.25) is 0 Å². The third kappa shape index (κ3) is 85.6. The maximum absolute atomic E-state index is 13.0. The van der Waals surface area contributed by atoms with Crippen LogP contribution < -0.4 is 0 Å². The molecular weight excluding hydrogens is 1430 g/mol. The first-order valence-electron chi connectivity index (χ1n) is 43.4. The number of aliphatic hydroxyl groups is 2. The average Bonchev–Trinajstić information content (AvgIpc) is 0.900. The van der Waals surface area contributed by atoms with Crippen molar-refractivity contribution in [2.45, 2.75) is 360 Å². The van der Waals surface area contributed by atoms with Crippen LogP contribution in [0.4, 0.5) is 0 Å². The van der Waals surface area contributed by atoms with Crippen molar-refractivity contribution < 1.29 is 75.8 Å². The van der Waals surface area contributed by atoms with E-state index in [9.17, 15) is 43.5 Å². The van der Waals surface area contributed by atoms with Gasteiger partial charge in [0.1, 0.15) is 25.4 Å². The van der Waals surface area contributed by atoms with Crippen molar-refractivity contribution in [2.24, 2.45) is 0 Å². The molecule has 0 amide bonds. The minimum absolute atomic E-state index is 0.0601. The molecule has 0 radical (unpaired) electrons. The SMILES string of the molecule is CC/C=C\C/C=C\C/C=C\C/C=C\C/C=C\CCCCCCCCCCCCCCCC(=O)OCC(O)COP(=O)(O)OCC(O)COP(=O)(O)OCC(COC(=O)CCCCCCCCCCCCC/C=C\C/C=C\C/C=C\C/C=C\CCCCC)OC(=O)CCCCC/C=C\C/C=C\C/C=C\C/C=C\C/C=C\CC. The van der Waals surface area contributed by atoms with Gasteiger partial charge in [0.15, 0.2) is 6.10 Å². The zero-order valence-electron chi connectivity index (χ0n) is 69.6. The number of unbranched alkanes of at least 4 members (excludes halogenated alkanes) is 30. The zero-order chi connectivity index (χ0) is 80.8. The van der Waals surface area contributed by atoms with Crippen molar-refractivity contribution in [1.29, 1.82) is 0 Å². The van der Waals surface area contributed by atoms with Crippen LogP contribution >= 0.6 is 15.6 Å². The number of allylic oxidation sites excluding steroid dienone is 28. The molecule has 0 aromatic carbocycles. The van der Waals surface area contributed by atoms with E-state index in [4.69, 9.17) is 32.3 Å². The Morgan fingerprint density at radius 3 is 0.766 bits per heavy atom. The molecule has 18 heteroatoms. The van der Waals surface area contributed by atoms with Gasteiger partial charge in [0.2, 0.25) is 0 Å². The van der Waals surface area contributed by atoms with Crippen LogP contribution in [-0.4, -0.2) is 95.9 Å². The Bertz CT molecular complexity index is 2700. The molecule has 0 bridgehead atoms. The molecule has 0 rings (SSSR count). The van der Waals surface area contributed by atoms with Crippen LogP contribution in [0, 0.1) is 0 Å². The number of aliphatic hydroxyl groups excluding tert-OH is 2. The Labute approximate surface area is 675 Å². The number of ether oxygens (including phenoxy) is 3. The highest BCUT2D eigenvalue weighted by atomic mass is 31.2. The highest BCUT2D eigenvalue weighted by Crippen LogP contribution is 2.45. The summed E-state index contributed by atoms with van der Waals surface area (Å²) in [6, 6.07) is 0. The summed E-state index contributed by atoms with van der Waals surface area (Å²) in [7, 11) is -9.82. The smallest absolute Gasteiger partial charge is 0.463 e. The minimum atomic E-state index is -4.95. The second kappa shape index (κ2) is 84.3. The Balaban J connectivity index is 4.62. The molecule has 111 heavy (non-hydrogen) atoms. The number of hydrogen-bond donors (Lipinski definition) is 4. The summed E-state index contributed by atoms with van der Waals surface area (Å²) < 4.78 is 61.3. The lowest BCUT2D eigenvalue weighted by molar-refractivity contribution is -0.161. The first kappa shape index (κ1) is 106. The molecule has 5 unspecified atom stereocenters. The van der Waals surface area contributed by atoms with Gasteiger partial charge in [-0.2, -0.15) is 0 Å². The summed E-state index contributed by atoms with van der Waals surface area (Å²) in [6.45, 7) is 2.40. The number of rotatable bonds is 81. The molecule has 16 nitrogen and oxygen atoms in total. The molecule has 0 heterocycles. The summed E-state index contributed by atoms with van der Waals surface area (Å²) in [4.78, 5) is 58.9. The maximum Gasteiger partial charge on any atom is 0.472 e. The first-order valence-corrected chi connectivity index (χ1v) is 46.4. The highest BCUT2D eigenvalue weighted by Gasteiger charge is 2.29. The van der Waals surface area contributed by atoms with E-state index in [-0.39, 0.29) is 19.3 Å². The van der Waals surface area contributed by atoms with Gasteiger partial charge >= 0.3 is 33.6 Å². The third-order valence-electron chi connectivity index (χ3n) is 17.9. The summed E-state index contributed by atoms with van der Waals surface area (Å²) in [5, 5.41) is 20.7. The van der Waals surface area contributed by atoms with Crippen LogP contribution in [0.3, 0.4) is 0 Å². The lowest BCUT2D eigenvalue weighted by Gasteiger charge is -2.21. The molecule has 0 spiro atoms. The molecule has 5 atom stereocenters. The maximum atomic E-state index is 13.0. The van der Waals surface area contributed by atoms with Crippen LogP contribution in [-0.2, 0) is 55.8 Å². The van der Waals surface area contributed by atoms with E-state index in [2.05, 4.69) is 191 Å². The fourth-order valence-corrected chi connectivity index (χ4v) is 13.0. The van der Waals surface area contributed by atoms with Gasteiger partial charge in [0.25, 0.3) is 0 Å². The van der Waals surface area contributed by atoms with Crippen LogP contribution in [0.25, 0.3) is 0 Å². The number of carbonyl (C=O) groups excluding carboxylic acids is 3. The van der Waals surface area contributed by atoms with Crippen molar-refractivity contribution in [1.82, 2.24) is 0 Å². The number of carbonyl (C=O) groups is 3. The Morgan fingerprint density at radius 2 is 0.477 bits per heavy atom. The quantitative estimate of drug-likeness (QED) is 0.0146. The van der Waals surface area contributed by atoms with E-state index < -0.39 is 91.5 Å². The molecule has 0 aromatic heterocycles. The van der Waals surface area contributed by atoms with Gasteiger partial charge in [0, 0.05) is 19.3 Å². The first-order chi connectivity index (χ1) is 54.2. The zero-order valence-corrected chi connectivity index (χ0v) is 71.4. The predicted molar refractivity (Wildman–Crippen MR) is 463 cm³/mol. The lowest BCUT2D eigenvalue weighted by Crippen LogP contribution is -2.30. The fraction of sp³-hybridized carbons (Fsp3) is 0.667. The number of phosphoric acid groups is 2. The summed E-state index contributed by atoms with van der Waals surface area (Å²) >= 11 is 0. The van der Waals surface area contributed by atoms with Gasteiger partial charge < -0.3 is 34.2 Å². The third-order valence-corrected chi connectivity index (χ3v) is 19.8. The van der Waals surface area contributed by atoms with Crippen molar-refractivity contribution in [3.63, 3.8) is 0 Å². The van der Waals surface area contributed by atoms with Gasteiger partial charge in [-0.15, -0.1) is 0 Å². The predicted octanol–water partition coefficient (Wildman–Crippen LogP) is 26.3. The van der Waals surface area contributed by atoms with Crippen molar-refractivity contribution in [2.75, 3.05) is 39.6 Å². The number of phosphoric ester groups is 2. The molecule has 0 aliphatic rings. The molecule has 0 fully saturated rings. The summed E-state index contributed by atoms with van der Waals surface area (Å²) in [5.41, 5.74) is 0. The summed E-state index contributed by atoms with van der Waals surface area (Å²) in [6.07, 6.45) is 108. The lowest BCUT2D eigenvalue weighted by atomic mass is 10.0. The Kier molecular flexibility index (Phi) is 80.4. The van der Waals surface area contributed by atoms with Crippen LogP contribution in [0.15, 0.2) is 170 Å². The van der Waals surface area contributed by atoms with Crippen molar-refractivity contribution >= 4 is 33.6 Å².